The molecule has 4 nitrogen and oxygen atoms in total. The second kappa shape index (κ2) is 9.82. The minimum atomic E-state index is -0.0468. The standard InChI is InChI=1S/C29H28N2O2S/c1-21-8-7-11-23(16-21)18-31-25(15-14-22-9-3-2-4-10-22)19-30(20-28(31)32)29(33)27-17-24-12-5-6-13-26(24)34-27/h2-13,16-17,25H,14-15,18-20H2,1H3/t25-/m0/s1. The van der Waals surface area contributed by atoms with Crippen molar-refractivity contribution in [2.75, 3.05) is 13.1 Å². The van der Waals surface area contributed by atoms with Crippen LogP contribution in [0.15, 0.2) is 84.9 Å². The van der Waals surface area contributed by atoms with E-state index in [1.54, 1.807) is 4.90 Å². The lowest BCUT2D eigenvalue weighted by Crippen LogP contribution is -2.57. The van der Waals surface area contributed by atoms with Crippen LogP contribution in [0.1, 0.15) is 32.8 Å². The summed E-state index contributed by atoms with van der Waals surface area (Å²) in [6.07, 6.45) is 1.69. The topological polar surface area (TPSA) is 40.6 Å². The van der Waals surface area contributed by atoms with E-state index in [0.29, 0.717) is 18.0 Å². The fourth-order valence-electron chi connectivity index (χ4n) is 4.72. The Labute approximate surface area is 204 Å². The highest BCUT2D eigenvalue weighted by atomic mass is 32.1. The third-order valence-electron chi connectivity index (χ3n) is 6.49. The summed E-state index contributed by atoms with van der Waals surface area (Å²) in [7, 11) is 0. The van der Waals surface area contributed by atoms with Gasteiger partial charge in [-0.2, -0.15) is 0 Å². The lowest BCUT2D eigenvalue weighted by molar-refractivity contribution is -0.139. The maximum absolute atomic E-state index is 13.4. The SMILES string of the molecule is Cc1cccc(CN2C(=O)CN(C(=O)c3cc4ccccc4s3)C[C@@H]2CCc2ccccc2)c1. The lowest BCUT2D eigenvalue weighted by Gasteiger charge is -2.41. The first-order valence-electron chi connectivity index (χ1n) is 11.7. The van der Waals surface area contributed by atoms with Crippen molar-refractivity contribution >= 4 is 33.2 Å². The number of carbonyl (C=O) groups is 2. The van der Waals surface area contributed by atoms with Crippen LogP contribution < -0.4 is 0 Å². The average Bonchev–Trinajstić information content (AvgIpc) is 3.29. The first kappa shape index (κ1) is 22.4. The number of thiophene rings is 1. The van der Waals surface area contributed by atoms with Crippen LogP contribution in [0, 0.1) is 6.92 Å². The molecule has 172 valence electrons. The highest BCUT2D eigenvalue weighted by molar-refractivity contribution is 7.20. The van der Waals surface area contributed by atoms with Crippen LogP contribution in [-0.4, -0.2) is 40.7 Å². The molecule has 0 unspecified atom stereocenters. The van der Waals surface area contributed by atoms with Crippen molar-refractivity contribution in [3.63, 3.8) is 0 Å². The Hall–Kier alpha value is -3.44. The number of nitrogens with zero attached hydrogens (tertiary/aromatic N) is 2. The van der Waals surface area contributed by atoms with Gasteiger partial charge in [0.15, 0.2) is 0 Å². The van der Waals surface area contributed by atoms with E-state index in [2.05, 4.69) is 37.3 Å². The van der Waals surface area contributed by atoms with Crippen molar-refractivity contribution in [2.24, 2.45) is 0 Å². The third-order valence-corrected chi connectivity index (χ3v) is 7.59. The van der Waals surface area contributed by atoms with Crippen molar-refractivity contribution in [2.45, 2.75) is 32.4 Å². The summed E-state index contributed by atoms with van der Waals surface area (Å²) in [5, 5.41) is 1.07. The summed E-state index contributed by atoms with van der Waals surface area (Å²) in [6, 6.07) is 28.6. The summed E-state index contributed by atoms with van der Waals surface area (Å²) < 4.78 is 1.09. The van der Waals surface area contributed by atoms with E-state index in [1.165, 1.54) is 22.5 Å². The molecule has 1 aliphatic heterocycles. The zero-order chi connectivity index (χ0) is 23.5. The molecular weight excluding hydrogens is 440 g/mol. The van der Waals surface area contributed by atoms with Crippen molar-refractivity contribution in [1.82, 2.24) is 9.80 Å². The molecule has 2 heterocycles. The Morgan fingerprint density at radius 1 is 0.941 bits per heavy atom. The molecule has 0 bridgehead atoms. The number of hydrogen-bond donors (Lipinski definition) is 0. The van der Waals surface area contributed by atoms with E-state index in [-0.39, 0.29) is 24.4 Å². The van der Waals surface area contributed by atoms with Crippen molar-refractivity contribution < 1.29 is 9.59 Å². The van der Waals surface area contributed by atoms with Gasteiger partial charge in [0.1, 0.15) is 6.54 Å². The Morgan fingerprint density at radius 2 is 1.71 bits per heavy atom. The van der Waals surface area contributed by atoms with Gasteiger partial charge in [0, 0.05) is 17.8 Å². The van der Waals surface area contributed by atoms with Crippen LogP contribution in [0.4, 0.5) is 0 Å². The number of piperazine rings is 1. The van der Waals surface area contributed by atoms with Gasteiger partial charge in [0.05, 0.1) is 10.9 Å². The molecule has 5 heteroatoms. The number of benzene rings is 3. The van der Waals surface area contributed by atoms with Crippen LogP contribution in [0.2, 0.25) is 0 Å². The number of amides is 2. The molecule has 1 atom stereocenters. The summed E-state index contributed by atoms with van der Waals surface area (Å²) in [6.45, 7) is 3.32. The first-order chi connectivity index (χ1) is 16.6. The van der Waals surface area contributed by atoms with Crippen LogP contribution in [-0.2, 0) is 17.8 Å². The lowest BCUT2D eigenvalue weighted by atomic mass is 10.00. The summed E-state index contributed by atoms with van der Waals surface area (Å²) in [5.74, 6) is -0.0326. The molecule has 4 aromatic rings. The maximum Gasteiger partial charge on any atom is 0.264 e. The van der Waals surface area contributed by atoms with Gasteiger partial charge in [0.2, 0.25) is 5.91 Å². The van der Waals surface area contributed by atoms with Gasteiger partial charge in [-0.3, -0.25) is 9.59 Å². The van der Waals surface area contributed by atoms with Crippen LogP contribution in [0.25, 0.3) is 10.1 Å². The van der Waals surface area contributed by atoms with Gasteiger partial charge in [-0.25, -0.2) is 0 Å². The molecular formula is C29H28N2O2S. The van der Waals surface area contributed by atoms with Gasteiger partial charge in [-0.05, 0) is 48.4 Å². The van der Waals surface area contributed by atoms with Gasteiger partial charge >= 0.3 is 0 Å². The van der Waals surface area contributed by atoms with Crippen molar-refractivity contribution in [3.8, 4) is 0 Å². The number of rotatable bonds is 6. The molecule has 2 amide bonds. The molecule has 5 rings (SSSR count). The quantitative estimate of drug-likeness (QED) is 0.364. The Balaban J connectivity index is 1.38. The van der Waals surface area contributed by atoms with Crippen LogP contribution in [0.3, 0.4) is 0 Å². The van der Waals surface area contributed by atoms with Gasteiger partial charge in [0.25, 0.3) is 5.91 Å². The Morgan fingerprint density at radius 3 is 2.50 bits per heavy atom. The minimum absolute atomic E-state index is 0.0141. The van der Waals surface area contributed by atoms with E-state index in [1.807, 2.05) is 59.5 Å². The zero-order valence-corrected chi connectivity index (χ0v) is 20.1. The van der Waals surface area contributed by atoms with Gasteiger partial charge < -0.3 is 9.80 Å². The fraction of sp³-hybridized carbons (Fsp3) is 0.241. The third kappa shape index (κ3) is 4.90. The molecule has 0 aliphatic carbocycles. The molecule has 0 saturated carbocycles. The molecule has 0 N–H and O–H groups in total. The van der Waals surface area contributed by atoms with E-state index in [9.17, 15) is 9.59 Å². The normalized spacial score (nSPS) is 16.3. The largest absolute Gasteiger partial charge is 0.332 e. The molecule has 0 spiro atoms. The van der Waals surface area contributed by atoms with E-state index in [4.69, 9.17) is 0 Å². The second-order valence-electron chi connectivity index (χ2n) is 9.02. The van der Waals surface area contributed by atoms with Crippen molar-refractivity contribution in [1.29, 1.82) is 0 Å². The molecule has 0 radical (unpaired) electrons. The molecule has 1 aromatic heterocycles. The zero-order valence-electron chi connectivity index (χ0n) is 19.3. The maximum atomic E-state index is 13.4. The number of carbonyl (C=O) groups excluding carboxylic acids is 2. The van der Waals surface area contributed by atoms with Gasteiger partial charge in [-0.15, -0.1) is 11.3 Å². The molecule has 3 aromatic carbocycles. The predicted molar refractivity (Wildman–Crippen MR) is 138 cm³/mol. The highest BCUT2D eigenvalue weighted by Crippen LogP contribution is 2.28. The summed E-state index contributed by atoms with van der Waals surface area (Å²) in [5.41, 5.74) is 3.56. The highest BCUT2D eigenvalue weighted by Gasteiger charge is 2.35. The minimum Gasteiger partial charge on any atom is -0.332 e. The average molecular weight is 469 g/mol. The Kier molecular flexibility index (Phi) is 6.45. The second-order valence-corrected chi connectivity index (χ2v) is 10.1. The fourth-order valence-corrected chi connectivity index (χ4v) is 5.75. The summed E-state index contributed by atoms with van der Waals surface area (Å²) >= 11 is 1.50. The smallest absolute Gasteiger partial charge is 0.264 e. The van der Waals surface area contributed by atoms with E-state index in [0.717, 1.165) is 28.5 Å². The number of hydrogen-bond acceptors (Lipinski definition) is 3. The van der Waals surface area contributed by atoms with Crippen molar-refractivity contribution in [3.05, 3.63) is 106 Å². The van der Waals surface area contributed by atoms with Crippen LogP contribution in [0.5, 0.6) is 0 Å². The van der Waals surface area contributed by atoms with Gasteiger partial charge in [-0.1, -0.05) is 78.4 Å². The number of aryl methyl sites for hydroxylation is 2. The molecule has 1 aliphatic rings. The van der Waals surface area contributed by atoms with E-state index >= 15 is 0 Å². The summed E-state index contributed by atoms with van der Waals surface area (Å²) in [4.78, 5) is 31.2. The molecule has 1 fully saturated rings. The van der Waals surface area contributed by atoms with E-state index < -0.39 is 0 Å². The monoisotopic (exact) mass is 468 g/mol. The van der Waals surface area contributed by atoms with Crippen LogP contribution >= 0.6 is 11.3 Å². The molecule has 1 saturated heterocycles. The number of fused-ring (bicyclic) bond motifs is 1. The Bertz CT molecular complexity index is 1280. The predicted octanol–water partition coefficient (Wildman–Crippen LogP) is 5.70. The molecule has 34 heavy (non-hydrogen) atoms. The first-order valence-corrected chi connectivity index (χ1v) is 12.6.